The van der Waals surface area contributed by atoms with Gasteiger partial charge in [-0.15, -0.1) is 6.58 Å². The number of carbonyl (C=O) groups is 2. The number of hydrogen-bond acceptors (Lipinski definition) is 4. The molecule has 2 aliphatic rings. The highest BCUT2D eigenvalue weighted by molar-refractivity contribution is 6.04. The minimum Gasteiger partial charge on any atom is -0.422 e. The van der Waals surface area contributed by atoms with Crippen LogP contribution in [0.15, 0.2) is 36.9 Å². The molecule has 0 bridgehead atoms. The maximum absolute atomic E-state index is 12.5. The molecule has 1 fully saturated rings. The quantitative estimate of drug-likeness (QED) is 0.447. The predicted octanol–water partition coefficient (Wildman–Crippen LogP) is 2.33. The Balaban J connectivity index is 2.12. The van der Waals surface area contributed by atoms with E-state index in [1.807, 2.05) is 24.3 Å². The van der Waals surface area contributed by atoms with Gasteiger partial charge in [0.1, 0.15) is 0 Å². The van der Waals surface area contributed by atoms with Crippen LogP contribution in [0.25, 0.3) is 0 Å². The Hall–Kier alpha value is -2.10. The SMILES string of the molecule is C=C[C@@H]1c2ccccc2CC12C(=O)OC(C)(C)OC2=O. The van der Waals surface area contributed by atoms with Gasteiger partial charge in [0.2, 0.25) is 0 Å². The molecule has 4 nitrogen and oxygen atoms in total. The van der Waals surface area contributed by atoms with Gasteiger partial charge in [0.15, 0.2) is 5.41 Å². The van der Waals surface area contributed by atoms with Gasteiger partial charge in [-0.1, -0.05) is 30.3 Å². The smallest absolute Gasteiger partial charge is 0.328 e. The summed E-state index contributed by atoms with van der Waals surface area (Å²) in [5.41, 5.74) is 0.586. The first-order chi connectivity index (χ1) is 9.40. The number of esters is 2. The highest BCUT2D eigenvalue weighted by atomic mass is 16.7. The number of cyclic esters (lactones) is 2. The van der Waals surface area contributed by atoms with Crippen LogP contribution in [0, 0.1) is 5.41 Å². The van der Waals surface area contributed by atoms with Gasteiger partial charge < -0.3 is 9.47 Å². The van der Waals surface area contributed by atoms with E-state index in [-0.39, 0.29) is 0 Å². The van der Waals surface area contributed by atoms with Crippen molar-refractivity contribution >= 4 is 11.9 Å². The summed E-state index contributed by atoms with van der Waals surface area (Å²) >= 11 is 0. The number of carbonyl (C=O) groups excluding carboxylic acids is 2. The second kappa shape index (κ2) is 3.95. The average Bonchev–Trinajstić information content (AvgIpc) is 2.71. The van der Waals surface area contributed by atoms with Crippen molar-refractivity contribution in [2.24, 2.45) is 5.41 Å². The lowest BCUT2D eigenvalue weighted by atomic mass is 9.75. The third-order valence-corrected chi connectivity index (χ3v) is 4.03. The van der Waals surface area contributed by atoms with E-state index in [2.05, 4.69) is 6.58 Å². The van der Waals surface area contributed by atoms with Gasteiger partial charge in [-0.3, -0.25) is 9.59 Å². The molecule has 0 unspecified atom stereocenters. The van der Waals surface area contributed by atoms with Crippen molar-refractivity contribution in [1.29, 1.82) is 0 Å². The molecule has 1 aliphatic carbocycles. The molecular weight excluding hydrogens is 256 g/mol. The average molecular weight is 272 g/mol. The Morgan fingerprint density at radius 1 is 1.20 bits per heavy atom. The van der Waals surface area contributed by atoms with Crippen molar-refractivity contribution < 1.29 is 19.1 Å². The van der Waals surface area contributed by atoms with E-state index in [4.69, 9.17) is 9.47 Å². The maximum Gasteiger partial charge on any atom is 0.328 e. The van der Waals surface area contributed by atoms with Crippen LogP contribution < -0.4 is 0 Å². The van der Waals surface area contributed by atoms with Gasteiger partial charge >= 0.3 is 11.9 Å². The number of fused-ring (bicyclic) bond motifs is 1. The Kier molecular flexibility index (Phi) is 2.55. The molecule has 0 saturated carbocycles. The van der Waals surface area contributed by atoms with Crippen molar-refractivity contribution in [3.8, 4) is 0 Å². The van der Waals surface area contributed by atoms with Crippen LogP contribution in [0.3, 0.4) is 0 Å². The standard InChI is InChI=1S/C16H16O4/c1-4-12-11-8-6-5-7-10(11)9-16(12)13(17)19-15(2,3)20-14(16)18/h4-8,12H,1,9H2,2-3H3/t12-/m1/s1. The molecule has 1 saturated heterocycles. The van der Waals surface area contributed by atoms with Crippen LogP contribution >= 0.6 is 0 Å². The van der Waals surface area contributed by atoms with Crippen molar-refractivity contribution in [3.05, 3.63) is 48.0 Å². The number of allylic oxidation sites excluding steroid dienone is 1. The van der Waals surface area contributed by atoms with Crippen LogP contribution in [0.1, 0.15) is 30.9 Å². The van der Waals surface area contributed by atoms with Gasteiger partial charge in [-0.05, 0) is 11.1 Å². The predicted molar refractivity (Wildman–Crippen MR) is 71.8 cm³/mol. The van der Waals surface area contributed by atoms with Crippen LogP contribution in [0.2, 0.25) is 0 Å². The Morgan fingerprint density at radius 3 is 2.40 bits per heavy atom. The van der Waals surface area contributed by atoms with Crippen molar-refractivity contribution in [1.82, 2.24) is 0 Å². The lowest BCUT2D eigenvalue weighted by Gasteiger charge is -2.40. The summed E-state index contributed by atoms with van der Waals surface area (Å²) < 4.78 is 10.6. The van der Waals surface area contributed by atoms with Gasteiger partial charge in [-0.2, -0.15) is 0 Å². The van der Waals surface area contributed by atoms with E-state index in [9.17, 15) is 9.59 Å². The molecule has 0 amide bonds. The van der Waals surface area contributed by atoms with Gasteiger partial charge in [-0.25, -0.2) is 0 Å². The van der Waals surface area contributed by atoms with Crippen molar-refractivity contribution in [2.75, 3.05) is 0 Å². The summed E-state index contributed by atoms with van der Waals surface area (Å²) in [5.74, 6) is -2.67. The second-order valence-electron chi connectivity index (χ2n) is 5.74. The zero-order valence-corrected chi connectivity index (χ0v) is 11.5. The monoisotopic (exact) mass is 272 g/mol. The fourth-order valence-electron chi connectivity index (χ4n) is 3.13. The van der Waals surface area contributed by atoms with E-state index in [1.54, 1.807) is 19.9 Å². The summed E-state index contributed by atoms with van der Waals surface area (Å²) in [6, 6.07) is 7.61. The summed E-state index contributed by atoms with van der Waals surface area (Å²) in [6.45, 7) is 6.89. The van der Waals surface area contributed by atoms with Crippen molar-refractivity contribution in [2.45, 2.75) is 32.0 Å². The second-order valence-corrected chi connectivity index (χ2v) is 5.74. The minimum atomic E-state index is -1.32. The summed E-state index contributed by atoms with van der Waals surface area (Å²) in [6.07, 6.45) is 1.93. The zero-order chi connectivity index (χ0) is 14.5. The van der Waals surface area contributed by atoms with E-state index in [1.165, 1.54) is 0 Å². The molecule has 1 aromatic rings. The largest absolute Gasteiger partial charge is 0.422 e. The zero-order valence-electron chi connectivity index (χ0n) is 11.5. The molecular formula is C16H16O4. The summed E-state index contributed by atoms with van der Waals surface area (Å²) in [5, 5.41) is 0. The maximum atomic E-state index is 12.5. The minimum absolute atomic E-state index is 0.299. The number of rotatable bonds is 1. The van der Waals surface area contributed by atoms with Crippen LogP contribution in [-0.2, 0) is 25.5 Å². The molecule has 20 heavy (non-hydrogen) atoms. The van der Waals surface area contributed by atoms with E-state index >= 15 is 0 Å². The normalized spacial score (nSPS) is 25.8. The molecule has 0 radical (unpaired) electrons. The molecule has 4 heteroatoms. The van der Waals surface area contributed by atoms with Crippen molar-refractivity contribution in [3.63, 3.8) is 0 Å². The number of ether oxygens (including phenoxy) is 2. The van der Waals surface area contributed by atoms with E-state index in [0.29, 0.717) is 6.42 Å². The van der Waals surface area contributed by atoms with E-state index < -0.39 is 29.1 Å². The molecule has 0 N–H and O–H groups in total. The first kappa shape index (κ1) is 12.9. The highest BCUT2D eigenvalue weighted by Crippen LogP contribution is 2.52. The molecule has 1 aromatic carbocycles. The van der Waals surface area contributed by atoms with Crippen LogP contribution in [0.5, 0.6) is 0 Å². The summed E-state index contributed by atoms with van der Waals surface area (Å²) in [7, 11) is 0. The van der Waals surface area contributed by atoms with Gasteiger partial charge in [0.05, 0.1) is 0 Å². The number of benzene rings is 1. The molecule has 1 atom stereocenters. The van der Waals surface area contributed by atoms with E-state index in [0.717, 1.165) is 11.1 Å². The lowest BCUT2D eigenvalue weighted by molar-refractivity contribution is -0.251. The third-order valence-electron chi connectivity index (χ3n) is 4.03. The molecule has 1 aliphatic heterocycles. The van der Waals surface area contributed by atoms with Gasteiger partial charge in [0, 0.05) is 26.2 Å². The summed E-state index contributed by atoms with van der Waals surface area (Å²) in [4.78, 5) is 25.0. The molecule has 1 heterocycles. The lowest BCUT2D eigenvalue weighted by Crippen LogP contribution is -2.55. The highest BCUT2D eigenvalue weighted by Gasteiger charge is 2.63. The molecule has 1 spiro atoms. The Morgan fingerprint density at radius 2 is 1.80 bits per heavy atom. The van der Waals surface area contributed by atoms with Gasteiger partial charge in [0.25, 0.3) is 5.79 Å². The topological polar surface area (TPSA) is 52.6 Å². The molecule has 0 aromatic heterocycles. The Labute approximate surface area is 117 Å². The van der Waals surface area contributed by atoms with Crippen LogP contribution in [0.4, 0.5) is 0 Å². The fraction of sp³-hybridized carbons (Fsp3) is 0.375. The molecule has 3 rings (SSSR count). The number of hydrogen-bond donors (Lipinski definition) is 0. The van der Waals surface area contributed by atoms with Crippen LogP contribution in [-0.4, -0.2) is 17.7 Å². The fourth-order valence-corrected chi connectivity index (χ4v) is 3.13. The first-order valence-electron chi connectivity index (χ1n) is 6.58. The third kappa shape index (κ3) is 1.54. The molecule has 104 valence electrons. The Bertz CT molecular complexity index is 595. The first-order valence-corrected chi connectivity index (χ1v) is 6.58.